The van der Waals surface area contributed by atoms with Gasteiger partial charge in [0.05, 0.1) is 22.7 Å². The highest BCUT2D eigenvalue weighted by atomic mass is 32.2. The summed E-state index contributed by atoms with van der Waals surface area (Å²) in [5, 5.41) is 3.97. The van der Waals surface area contributed by atoms with Crippen LogP contribution in [0, 0.1) is 0 Å². The van der Waals surface area contributed by atoms with Crippen molar-refractivity contribution in [3.63, 3.8) is 0 Å². The number of aromatic nitrogens is 2. The van der Waals surface area contributed by atoms with E-state index in [2.05, 4.69) is 17.4 Å². The molecule has 1 amide bonds. The van der Waals surface area contributed by atoms with Crippen LogP contribution in [-0.2, 0) is 17.8 Å². The number of fused-ring (bicyclic) bond motifs is 1. The summed E-state index contributed by atoms with van der Waals surface area (Å²) >= 11 is 1.29. The second kappa shape index (κ2) is 11.8. The number of benzene rings is 3. The van der Waals surface area contributed by atoms with Crippen LogP contribution in [0.1, 0.15) is 47.8 Å². The van der Waals surface area contributed by atoms with Crippen molar-refractivity contribution in [1.82, 2.24) is 14.9 Å². The van der Waals surface area contributed by atoms with Crippen LogP contribution in [0.5, 0.6) is 0 Å². The summed E-state index contributed by atoms with van der Waals surface area (Å²) in [7, 11) is 0. The lowest BCUT2D eigenvalue weighted by atomic mass is 10.0. The number of amides is 1. The number of nitrogens with zero attached hydrogens (tertiary/aromatic N) is 2. The molecule has 6 nitrogen and oxygen atoms in total. The fraction of sp³-hybridized carbons (Fsp3) is 0.241. The molecule has 4 rings (SSSR count). The number of hydrogen-bond donors (Lipinski definition) is 1. The maximum absolute atomic E-state index is 13.3. The summed E-state index contributed by atoms with van der Waals surface area (Å²) in [4.78, 5) is 42.2. The van der Waals surface area contributed by atoms with Crippen molar-refractivity contribution in [3.05, 3.63) is 106 Å². The molecule has 0 fully saturated rings. The van der Waals surface area contributed by atoms with Crippen LogP contribution in [0.3, 0.4) is 0 Å². The molecule has 0 radical (unpaired) electrons. The SMILES string of the molecule is CC(=O)NC(C)c1ccc(C(=O)CSc2nc3ccccc3c(=O)n2CCCc2ccccc2)cc1. The van der Waals surface area contributed by atoms with Crippen LogP contribution in [0.25, 0.3) is 10.9 Å². The zero-order chi connectivity index (χ0) is 25.5. The predicted octanol–water partition coefficient (Wildman–Crippen LogP) is 5.20. The Morgan fingerprint density at radius 1 is 0.972 bits per heavy atom. The Kier molecular flexibility index (Phi) is 8.33. The van der Waals surface area contributed by atoms with E-state index < -0.39 is 0 Å². The summed E-state index contributed by atoms with van der Waals surface area (Å²) < 4.78 is 1.70. The Labute approximate surface area is 214 Å². The van der Waals surface area contributed by atoms with Gasteiger partial charge in [-0.15, -0.1) is 0 Å². The smallest absolute Gasteiger partial charge is 0.262 e. The van der Waals surface area contributed by atoms with Gasteiger partial charge in [-0.1, -0.05) is 78.5 Å². The third-order valence-corrected chi connectivity index (χ3v) is 6.98. The van der Waals surface area contributed by atoms with Crippen LogP contribution >= 0.6 is 11.8 Å². The van der Waals surface area contributed by atoms with Crippen LogP contribution < -0.4 is 10.9 Å². The van der Waals surface area contributed by atoms with Gasteiger partial charge in [-0.05, 0) is 43.0 Å². The average Bonchev–Trinajstić information content (AvgIpc) is 2.89. The third kappa shape index (κ3) is 6.29. The number of carbonyl (C=O) groups excluding carboxylic acids is 2. The monoisotopic (exact) mass is 499 g/mol. The van der Waals surface area contributed by atoms with Crippen molar-refractivity contribution in [2.24, 2.45) is 0 Å². The van der Waals surface area contributed by atoms with Gasteiger partial charge < -0.3 is 5.32 Å². The lowest BCUT2D eigenvalue weighted by molar-refractivity contribution is -0.119. The molecule has 0 aliphatic carbocycles. The number of rotatable bonds is 10. The summed E-state index contributed by atoms with van der Waals surface area (Å²) in [6.45, 7) is 3.90. The number of hydrogen-bond acceptors (Lipinski definition) is 5. The summed E-state index contributed by atoms with van der Waals surface area (Å²) in [6, 6.07) is 24.6. The number of thioether (sulfide) groups is 1. The molecule has 4 aromatic rings. The van der Waals surface area contributed by atoms with Crippen molar-refractivity contribution in [3.8, 4) is 0 Å². The lowest BCUT2D eigenvalue weighted by Gasteiger charge is -2.14. The van der Waals surface area contributed by atoms with Gasteiger partial charge >= 0.3 is 0 Å². The van der Waals surface area contributed by atoms with Gasteiger partial charge in [-0.3, -0.25) is 19.0 Å². The second-order valence-corrected chi connectivity index (χ2v) is 9.66. The maximum atomic E-state index is 13.3. The standard InChI is InChI=1S/C29H29N3O3S/c1-20(30-21(2)33)23-14-16-24(17-15-23)27(34)19-36-29-31-26-13-7-6-12-25(26)28(35)32(29)18-8-11-22-9-4-3-5-10-22/h3-7,9-10,12-17,20H,8,11,18-19H2,1-2H3,(H,30,33). The van der Waals surface area contributed by atoms with E-state index in [9.17, 15) is 14.4 Å². The van der Waals surface area contributed by atoms with E-state index in [0.717, 1.165) is 18.4 Å². The van der Waals surface area contributed by atoms with Crippen molar-refractivity contribution in [2.75, 3.05) is 5.75 Å². The normalized spacial score (nSPS) is 11.8. The Hall–Kier alpha value is -3.71. The number of carbonyl (C=O) groups is 2. The highest BCUT2D eigenvalue weighted by molar-refractivity contribution is 7.99. The van der Waals surface area contributed by atoms with Crippen LogP contribution in [0.4, 0.5) is 0 Å². The fourth-order valence-corrected chi connectivity index (χ4v) is 5.02. The van der Waals surface area contributed by atoms with E-state index >= 15 is 0 Å². The largest absolute Gasteiger partial charge is 0.350 e. The van der Waals surface area contributed by atoms with Gasteiger partial charge in [0.2, 0.25) is 5.91 Å². The Morgan fingerprint density at radius 2 is 1.67 bits per heavy atom. The van der Waals surface area contributed by atoms with Gasteiger partial charge in [0, 0.05) is 19.0 Å². The highest BCUT2D eigenvalue weighted by Gasteiger charge is 2.15. The van der Waals surface area contributed by atoms with Crippen molar-refractivity contribution < 1.29 is 9.59 Å². The van der Waals surface area contributed by atoms with Gasteiger partial charge in [0.25, 0.3) is 5.56 Å². The molecule has 1 heterocycles. The Morgan fingerprint density at radius 3 is 2.39 bits per heavy atom. The van der Waals surface area contributed by atoms with E-state index in [4.69, 9.17) is 4.98 Å². The first-order chi connectivity index (χ1) is 17.4. The van der Waals surface area contributed by atoms with Gasteiger partial charge in [-0.2, -0.15) is 0 Å². The first kappa shape index (κ1) is 25.4. The molecule has 1 unspecified atom stereocenters. The van der Waals surface area contributed by atoms with E-state index in [-0.39, 0.29) is 29.0 Å². The van der Waals surface area contributed by atoms with Gasteiger partial charge in [0.1, 0.15) is 0 Å². The number of para-hydroxylation sites is 1. The Balaban J connectivity index is 1.50. The van der Waals surface area contributed by atoms with Crippen molar-refractivity contribution in [2.45, 2.75) is 44.4 Å². The summed E-state index contributed by atoms with van der Waals surface area (Å²) in [5.74, 6) is 0.0260. The molecular weight excluding hydrogens is 470 g/mol. The maximum Gasteiger partial charge on any atom is 0.262 e. The minimum Gasteiger partial charge on any atom is -0.350 e. The molecule has 0 saturated carbocycles. The quantitative estimate of drug-likeness (QED) is 0.184. The molecule has 1 atom stereocenters. The first-order valence-corrected chi connectivity index (χ1v) is 13.0. The predicted molar refractivity (Wildman–Crippen MR) is 144 cm³/mol. The van der Waals surface area contributed by atoms with E-state index in [0.29, 0.717) is 28.2 Å². The lowest BCUT2D eigenvalue weighted by Crippen LogP contribution is -2.24. The molecule has 0 aliphatic heterocycles. The Bertz CT molecular complexity index is 1420. The zero-order valence-electron chi connectivity index (χ0n) is 20.4. The van der Waals surface area contributed by atoms with Crippen molar-refractivity contribution >= 4 is 34.4 Å². The highest BCUT2D eigenvalue weighted by Crippen LogP contribution is 2.21. The van der Waals surface area contributed by atoms with Crippen LogP contribution in [0.2, 0.25) is 0 Å². The summed E-state index contributed by atoms with van der Waals surface area (Å²) in [6.07, 6.45) is 1.64. The molecule has 1 aromatic heterocycles. The molecule has 1 N–H and O–H groups in total. The number of aryl methyl sites for hydroxylation is 1. The molecule has 184 valence electrons. The number of ketones is 1. The molecule has 36 heavy (non-hydrogen) atoms. The molecular formula is C29H29N3O3S. The first-order valence-electron chi connectivity index (χ1n) is 12.0. The van der Waals surface area contributed by atoms with Crippen LogP contribution in [-0.4, -0.2) is 27.0 Å². The molecule has 0 bridgehead atoms. The van der Waals surface area contributed by atoms with Gasteiger partial charge in [-0.25, -0.2) is 4.98 Å². The number of Topliss-reactive ketones (excluding diaryl/α,β-unsaturated/α-hetero) is 1. The third-order valence-electron chi connectivity index (χ3n) is 6.00. The number of nitrogens with one attached hydrogen (secondary N) is 1. The topological polar surface area (TPSA) is 81.1 Å². The minimum absolute atomic E-state index is 0.0445. The zero-order valence-corrected chi connectivity index (χ0v) is 21.3. The van der Waals surface area contributed by atoms with Crippen LogP contribution in [0.15, 0.2) is 88.8 Å². The molecule has 7 heteroatoms. The molecule has 0 saturated heterocycles. The fourth-order valence-electron chi connectivity index (χ4n) is 4.10. The van der Waals surface area contributed by atoms with Crippen molar-refractivity contribution in [1.29, 1.82) is 0 Å². The average molecular weight is 500 g/mol. The molecule has 3 aromatic carbocycles. The second-order valence-electron chi connectivity index (χ2n) is 8.71. The molecule has 0 aliphatic rings. The van der Waals surface area contributed by atoms with E-state index in [1.54, 1.807) is 22.8 Å². The van der Waals surface area contributed by atoms with E-state index in [1.807, 2.05) is 55.5 Å². The van der Waals surface area contributed by atoms with E-state index in [1.165, 1.54) is 24.2 Å². The molecule has 0 spiro atoms. The summed E-state index contributed by atoms with van der Waals surface area (Å²) in [5.41, 5.74) is 3.28. The minimum atomic E-state index is -0.131. The van der Waals surface area contributed by atoms with Gasteiger partial charge in [0.15, 0.2) is 10.9 Å².